The highest BCUT2D eigenvalue weighted by Crippen LogP contribution is 2.26. The molecular formula is C14H23ClN2O2S. The summed E-state index contributed by atoms with van der Waals surface area (Å²) < 4.78 is 22.4. The molecule has 20 heavy (non-hydrogen) atoms. The number of benzene rings is 1. The molecular weight excluding hydrogens is 296 g/mol. The molecule has 0 amide bonds. The lowest BCUT2D eigenvalue weighted by atomic mass is 10.0. The number of halogens is 1. The Morgan fingerprint density at radius 3 is 2.55 bits per heavy atom. The van der Waals surface area contributed by atoms with Gasteiger partial charge in [0.15, 0.2) is 0 Å². The lowest BCUT2D eigenvalue weighted by molar-refractivity contribution is 0.601. The highest BCUT2D eigenvalue weighted by Gasteiger charge is 2.11. The maximum atomic E-state index is 11.2. The molecule has 0 saturated carbocycles. The molecule has 1 rings (SSSR count). The van der Waals surface area contributed by atoms with Crippen molar-refractivity contribution in [1.29, 1.82) is 0 Å². The van der Waals surface area contributed by atoms with Gasteiger partial charge in [-0.15, -0.1) is 0 Å². The molecule has 0 fully saturated rings. The van der Waals surface area contributed by atoms with Crippen molar-refractivity contribution in [2.45, 2.75) is 25.8 Å². The smallest absolute Gasteiger partial charge is 0.149 e. The zero-order valence-corrected chi connectivity index (χ0v) is 13.8. The van der Waals surface area contributed by atoms with Crippen molar-refractivity contribution in [3.63, 3.8) is 0 Å². The van der Waals surface area contributed by atoms with Crippen molar-refractivity contribution >= 4 is 27.1 Å². The lowest BCUT2D eigenvalue weighted by Crippen LogP contribution is -2.25. The van der Waals surface area contributed by atoms with Crippen LogP contribution >= 0.6 is 11.6 Å². The molecule has 6 heteroatoms. The largest absolute Gasteiger partial charge is 0.372 e. The molecule has 0 aliphatic rings. The monoisotopic (exact) mass is 318 g/mol. The first-order valence-corrected chi connectivity index (χ1v) is 9.09. The van der Waals surface area contributed by atoms with E-state index in [1.54, 1.807) is 0 Å². The van der Waals surface area contributed by atoms with Crippen LogP contribution in [-0.4, -0.2) is 40.1 Å². The fourth-order valence-corrected chi connectivity index (χ4v) is 2.81. The standard InChI is InChI=1S/C14H23ClN2O2S/c1-4-12(16)9-11-5-6-14(13(15)10-11)17(2)7-8-20(3,18)19/h5-6,10,12H,4,7-9,16H2,1-3H3. The van der Waals surface area contributed by atoms with Gasteiger partial charge in [0.1, 0.15) is 9.84 Å². The average Bonchev–Trinajstić information content (AvgIpc) is 2.35. The van der Waals surface area contributed by atoms with Crippen LogP contribution in [0.5, 0.6) is 0 Å². The Kier molecular flexibility index (Phi) is 6.30. The fraction of sp³-hybridized carbons (Fsp3) is 0.571. The number of hydrogen-bond donors (Lipinski definition) is 1. The number of nitrogens with two attached hydrogens (primary N) is 1. The molecule has 2 N–H and O–H groups in total. The van der Waals surface area contributed by atoms with Crippen LogP contribution in [0.1, 0.15) is 18.9 Å². The Morgan fingerprint density at radius 1 is 1.40 bits per heavy atom. The number of nitrogens with zero attached hydrogens (tertiary/aromatic N) is 1. The summed E-state index contributed by atoms with van der Waals surface area (Å²) >= 11 is 6.27. The second kappa shape index (κ2) is 7.29. The molecule has 0 saturated heterocycles. The molecule has 0 aliphatic heterocycles. The van der Waals surface area contributed by atoms with Crippen molar-refractivity contribution in [3.05, 3.63) is 28.8 Å². The van der Waals surface area contributed by atoms with Gasteiger partial charge < -0.3 is 10.6 Å². The van der Waals surface area contributed by atoms with Crippen LogP contribution in [0.2, 0.25) is 5.02 Å². The molecule has 1 aromatic rings. The molecule has 4 nitrogen and oxygen atoms in total. The van der Waals surface area contributed by atoms with Crippen molar-refractivity contribution in [2.24, 2.45) is 5.73 Å². The highest BCUT2D eigenvalue weighted by molar-refractivity contribution is 7.90. The van der Waals surface area contributed by atoms with E-state index in [2.05, 4.69) is 6.92 Å². The van der Waals surface area contributed by atoms with E-state index < -0.39 is 9.84 Å². The minimum atomic E-state index is -2.97. The first-order valence-electron chi connectivity index (χ1n) is 6.65. The van der Waals surface area contributed by atoms with Crippen molar-refractivity contribution in [2.75, 3.05) is 30.5 Å². The van der Waals surface area contributed by atoms with Gasteiger partial charge >= 0.3 is 0 Å². The minimum absolute atomic E-state index is 0.113. The van der Waals surface area contributed by atoms with Gasteiger partial charge in [0.2, 0.25) is 0 Å². The highest BCUT2D eigenvalue weighted by atomic mass is 35.5. The molecule has 0 aliphatic carbocycles. The SMILES string of the molecule is CCC(N)Cc1ccc(N(C)CCS(C)(=O)=O)c(Cl)c1. The van der Waals surface area contributed by atoms with E-state index in [9.17, 15) is 8.42 Å². The Labute approximate surface area is 126 Å². The normalized spacial score (nSPS) is 13.2. The van der Waals surface area contributed by atoms with Gasteiger partial charge in [0.25, 0.3) is 0 Å². The zero-order valence-electron chi connectivity index (χ0n) is 12.3. The van der Waals surface area contributed by atoms with E-state index in [0.29, 0.717) is 11.6 Å². The van der Waals surface area contributed by atoms with Crippen LogP contribution in [0.15, 0.2) is 18.2 Å². The quantitative estimate of drug-likeness (QED) is 0.836. The third-order valence-corrected chi connectivity index (χ3v) is 4.47. The second-order valence-electron chi connectivity index (χ2n) is 5.21. The summed E-state index contributed by atoms with van der Waals surface area (Å²) in [5, 5.41) is 0.627. The first kappa shape index (κ1) is 17.3. The molecule has 0 radical (unpaired) electrons. The fourth-order valence-electron chi connectivity index (χ4n) is 1.86. The van der Waals surface area contributed by atoms with Gasteiger partial charge in [-0.2, -0.15) is 0 Å². The van der Waals surface area contributed by atoms with Crippen LogP contribution in [-0.2, 0) is 16.3 Å². The summed E-state index contributed by atoms with van der Waals surface area (Å²) in [6.07, 6.45) is 2.95. The Morgan fingerprint density at radius 2 is 2.05 bits per heavy atom. The maximum absolute atomic E-state index is 11.2. The molecule has 1 aromatic carbocycles. The third-order valence-electron chi connectivity index (χ3n) is 3.24. The van der Waals surface area contributed by atoms with Gasteiger partial charge in [-0.1, -0.05) is 24.6 Å². The van der Waals surface area contributed by atoms with E-state index in [-0.39, 0.29) is 11.8 Å². The van der Waals surface area contributed by atoms with Crippen molar-refractivity contribution in [1.82, 2.24) is 0 Å². The summed E-state index contributed by atoms with van der Waals surface area (Å²) in [5.74, 6) is 0.113. The summed E-state index contributed by atoms with van der Waals surface area (Å²) in [6.45, 7) is 2.48. The zero-order chi connectivity index (χ0) is 15.3. The summed E-state index contributed by atoms with van der Waals surface area (Å²) in [7, 11) is -1.13. The molecule has 1 unspecified atom stereocenters. The number of sulfone groups is 1. The molecule has 0 heterocycles. The summed E-state index contributed by atoms with van der Waals surface area (Å²) in [6, 6.07) is 5.96. The minimum Gasteiger partial charge on any atom is -0.372 e. The Bertz CT molecular complexity index is 546. The van der Waals surface area contributed by atoms with Crippen molar-refractivity contribution in [3.8, 4) is 0 Å². The van der Waals surface area contributed by atoms with Gasteiger partial charge in [0, 0.05) is 25.9 Å². The molecule has 0 bridgehead atoms. The van der Waals surface area contributed by atoms with E-state index in [1.807, 2.05) is 30.1 Å². The second-order valence-corrected chi connectivity index (χ2v) is 7.88. The van der Waals surface area contributed by atoms with Crippen LogP contribution < -0.4 is 10.6 Å². The summed E-state index contributed by atoms with van der Waals surface area (Å²) in [5.41, 5.74) is 7.87. The van der Waals surface area contributed by atoms with Crippen LogP contribution in [0.25, 0.3) is 0 Å². The predicted molar refractivity (Wildman–Crippen MR) is 86.4 cm³/mol. The van der Waals surface area contributed by atoms with Crippen molar-refractivity contribution < 1.29 is 8.42 Å². The Hall–Kier alpha value is -0.780. The van der Waals surface area contributed by atoms with E-state index >= 15 is 0 Å². The van der Waals surface area contributed by atoms with Gasteiger partial charge in [0.05, 0.1) is 16.5 Å². The van der Waals surface area contributed by atoms with Crippen LogP contribution in [0, 0.1) is 0 Å². The van der Waals surface area contributed by atoms with E-state index in [1.165, 1.54) is 6.26 Å². The van der Waals surface area contributed by atoms with E-state index in [4.69, 9.17) is 17.3 Å². The average molecular weight is 319 g/mol. The topological polar surface area (TPSA) is 63.4 Å². The van der Waals surface area contributed by atoms with Gasteiger partial charge in [-0.3, -0.25) is 0 Å². The maximum Gasteiger partial charge on any atom is 0.149 e. The van der Waals surface area contributed by atoms with Gasteiger partial charge in [-0.05, 0) is 30.5 Å². The van der Waals surface area contributed by atoms with Gasteiger partial charge in [-0.25, -0.2) is 8.42 Å². The molecule has 0 aromatic heterocycles. The number of hydrogen-bond acceptors (Lipinski definition) is 4. The number of rotatable bonds is 7. The molecule has 114 valence electrons. The summed E-state index contributed by atoms with van der Waals surface area (Å²) in [4.78, 5) is 1.85. The van der Waals surface area contributed by atoms with Crippen LogP contribution in [0.3, 0.4) is 0 Å². The Balaban J connectivity index is 2.77. The number of anilines is 1. The predicted octanol–water partition coefficient (Wildman–Crippen LogP) is 2.10. The first-order chi connectivity index (χ1) is 9.23. The lowest BCUT2D eigenvalue weighted by Gasteiger charge is -2.21. The molecule has 0 spiro atoms. The van der Waals surface area contributed by atoms with Crippen LogP contribution in [0.4, 0.5) is 5.69 Å². The third kappa shape index (κ3) is 5.69. The van der Waals surface area contributed by atoms with E-state index in [0.717, 1.165) is 24.1 Å². The molecule has 1 atom stereocenters.